The summed E-state index contributed by atoms with van der Waals surface area (Å²) in [7, 11) is 5.10. The molecule has 3 aromatic rings. The third kappa shape index (κ3) is 3.85. The van der Waals surface area contributed by atoms with Gasteiger partial charge in [-0.1, -0.05) is 42.1 Å². The first-order valence-corrected chi connectivity index (χ1v) is 8.83. The molecule has 26 heavy (non-hydrogen) atoms. The number of hydrogen-bond donors (Lipinski definition) is 0. The highest BCUT2D eigenvalue weighted by atomic mass is 32.2. The van der Waals surface area contributed by atoms with Crippen LogP contribution in [0.3, 0.4) is 0 Å². The zero-order valence-corrected chi connectivity index (χ0v) is 15.6. The lowest BCUT2D eigenvalue weighted by molar-refractivity contribution is -0.128. The molecule has 1 unspecified atom stereocenters. The topological polar surface area (TPSA) is 73.1 Å². The predicted molar refractivity (Wildman–Crippen MR) is 99.4 cm³/mol. The monoisotopic (exact) mass is 369 g/mol. The maximum Gasteiger partial charge on any atom is 0.240 e. The van der Waals surface area contributed by atoms with Crippen LogP contribution in [0.4, 0.5) is 0 Å². The molecule has 8 heteroatoms. The average molecular weight is 369 g/mol. The van der Waals surface area contributed by atoms with Crippen LogP contribution in [0.2, 0.25) is 0 Å². The number of ether oxygens (including phenoxy) is 1. The summed E-state index contributed by atoms with van der Waals surface area (Å²) in [6, 6.07) is 17.0. The number of aromatic nitrogens is 4. The average Bonchev–Trinajstić information content (AvgIpc) is 3.14. The van der Waals surface area contributed by atoms with Crippen molar-refractivity contribution in [1.29, 1.82) is 0 Å². The largest absolute Gasteiger partial charge is 0.497 e. The summed E-state index contributed by atoms with van der Waals surface area (Å²) in [5, 5.41) is 12.0. The van der Waals surface area contributed by atoms with Crippen LogP contribution in [0.5, 0.6) is 5.75 Å². The molecule has 2 aromatic carbocycles. The number of benzene rings is 2. The first-order chi connectivity index (χ1) is 12.6. The van der Waals surface area contributed by atoms with Gasteiger partial charge in [-0.2, -0.15) is 4.68 Å². The smallest absolute Gasteiger partial charge is 0.240 e. The lowest BCUT2D eigenvalue weighted by Gasteiger charge is -2.20. The van der Waals surface area contributed by atoms with Crippen molar-refractivity contribution >= 4 is 17.7 Å². The first kappa shape index (κ1) is 17.9. The second-order valence-electron chi connectivity index (χ2n) is 5.71. The van der Waals surface area contributed by atoms with Gasteiger partial charge in [-0.25, -0.2) is 0 Å². The van der Waals surface area contributed by atoms with Crippen LogP contribution >= 0.6 is 11.8 Å². The predicted octanol–water partition coefficient (Wildman–Crippen LogP) is 2.59. The molecule has 1 heterocycles. The van der Waals surface area contributed by atoms with Crippen molar-refractivity contribution in [2.24, 2.45) is 0 Å². The Morgan fingerprint density at radius 2 is 1.81 bits per heavy atom. The van der Waals surface area contributed by atoms with E-state index in [1.165, 1.54) is 11.8 Å². The van der Waals surface area contributed by atoms with Gasteiger partial charge in [0.05, 0.1) is 12.8 Å². The Morgan fingerprint density at radius 1 is 1.12 bits per heavy atom. The summed E-state index contributed by atoms with van der Waals surface area (Å²) >= 11 is 1.32. The Balaban J connectivity index is 1.93. The summed E-state index contributed by atoms with van der Waals surface area (Å²) in [6.07, 6.45) is 0. The van der Waals surface area contributed by atoms with E-state index in [-0.39, 0.29) is 5.91 Å². The lowest BCUT2D eigenvalue weighted by atomic mass is 10.1. The quantitative estimate of drug-likeness (QED) is 0.622. The fraction of sp³-hybridized carbons (Fsp3) is 0.222. The van der Waals surface area contributed by atoms with Crippen LogP contribution < -0.4 is 4.74 Å². The Bertz CT molecular complexity index is 865. The Labute approximate surface area is 156 Å². The number of carbonyl (C=O) groups excluding carboxylic acids is 1. The van der Waals surface area contributed by atoms with Crippen LogP contribution in [0, 0.1) is 0 Å². The molecule has 0 aliphatic carbocycles. The molecule has 134 valence electrons. The van der Waals surface area contributed by atoms with Crippen molar-refractivity contribution in [3.05, 3.63) is 60.2 Å². The number of amides is 1. The second kappa shape index (κ2) is 8.01. The van der Waals surface area contributed by atoms with Crippen molar-refractivity contribution in [2.75, 3.05) is 21.2 Å². The van der Waals surface area contributed by atoms with Crippen LogP contribution in [0.15, 0.2) is 59.8 Å². The number of tetrazole rings is 1. The number of carbonyl (C=O) groups is 1. The first-order valence-electron chi connectivity index (χ1n) is 7.95. The molecular weight excluding hydrogens is 350 g/mol. The third-order valence-corrected chi connectivity index (χ3v) is 4.92. The van der Waals surface area contributed by atoms with E-state index in [4.69, 9.17) is 4.74 Å². The van der Waals surface area contributed by atoms with Crippen LogP contribution in [-0.4, -0.2) is 52.2 Å². The van der Waals surface area contributed by atoms with Crippen molar-refractivity contribution in [3.8, 4) is 11.4 Å². The molecule has 0 spiro atoms. The lowest BCUT2D eigenvalue weighted by Crippen LogP contribution is -2.27. The van der Waals surface area contributed by atoms with Crippen molar-refractivity contribution in [2.45, 2.75) is 10.4 Å². The molecule has 0 fully saturated rings. The van der Waals surface area contributed by atoms with E-state index >= 15 is 0 Å². The summed E-state index contributed by atoms with van der Waals surface area (Å²) < 4.78 is 6.79. The van der Waals surface area contributed by atoms with Gasteiger partial charge in [-0.05, 0) is 40.3 Å². The summed E-state index contributed by atoms with van der Waals surface area (Å²) in [6.45, 7) is 0. The molecular formula is C18H19N5O2S. The minimum atomic E-state index is -0.436. The van der Waals surface area contributed by atoms with E-state index in [0.717, 1.165) is 17.0 Å². The number of rotatable bonds is 6. The van der Waals surface area contributed by atoms with Gasteiger partial charge in [0.15, 0.2) is 0 Å². The molecule has 0 saturated heterocycles. The highest BCUT2D eigenvalue weighted by Gasteiger charge is 2.26. The van der Waals surface area contributed by atoms with Crippen molar-refractivity contribution in [1.82, 2.24) is 25.1 Å². The van der Waals surface area contributed by atoms with Crippen LogP contribution in [0.25, 0.3) is 5.69 Å². The molecule has 0 radical (unpaired) electrons. The summed E-state index contributed by atoms with van der Waals surface area (Å²) in [4.78, 5) is 14.3. The Hall–Kier alpha value is -2.87. The number of nitrogens with zero attached hydrogens (tertiary/aromatic N) is 5. The molecule has 0 aliphatic heterocycles. The number of thioether (sulfide) groups is 1. The number of methoxy groups -OCH3 is 1. The highest BCUT2D eigenvalue weighted by Crippen LogP contribution is 2.35. The minimum Gasteiger partial charge on any atom is -0.497 e. The van der Waals surface area contributed by atoms with E-state index < -0.39 is 5.25 Å². The molecule has 1 atom stereocenters. The molecule has 0 N–H and O–H groups in total. The molecule has 0 bridgehead atoms. The standard InChI is InChI=1S/C18H19N5O2S/c1-22(2)17(24)16(13-7-5-4-6-8-13)26-18-19-20-21-23(18)14-9-11-15(25-3)12-10-14/h4-12,16H,1-3H3. The summed E-state index contributed by atoms with van der Waals surface area (Å²) in [5.41, 5.74) is 1.70. The van der Waals surface area contributed by atoms with Gasteiger partial charge in [0.25, 0.3) is 0 Å². The van der Waals surface area contributed by atoms with Gasteiger partial charge >= 0.3 is 0 Å². The normalized spacial score (nSPS) is 11.8. The fourth-order valence-electron chi connectivity index (χ4n) is 2.37. The molecule has 1 aromatic heterocycles. The summed E-state index contributed by atoms with van der Waals surface area (Å²) in [5.74, 6) is 0.728. The van der Waals surface area contributed by atoms with Crippen LogP contribution in [-0.2, 0) is 4.79 Å². The Morgan fingerprint density at radius 3 is 2.42 bits per heavy atom. The van der Waals surface area contributed by atoms with Gasteiger partial charge in [-0.15, -0.1) is 5.10 Å². The van der Waals surface area contributed by atoms with E-state index in [9.17, 15) is 4.79 Å². The van der Waals surface area contributed by atoms with Gasteiger partial charge in [0.1, 0.15) is 11.0 Å². The Kier molecular flexibility index (Phi) is 5.52. The maximum atomic E-state index is 12.7. The van der Waals surface area contributed by atoms with Crippen molar-refractivity contribution < 1.29 is 9.53 Å². The molecule has 1 amide bonds. The van der Waals surface area contributed by atoms with Gasteiger partial charge < -0.3 is 9.64 Å². The van der Waals surface area contributed by atoms with E-state index in [0.29, 0.717) is 5.16 Å². The molecule has 3 rings (SSSR count). The third-order valence-electron chi connectivity index (χ3n) is 3.75. The zero-order valence-electron chi connectivity index (χ0n) is 14.7. The maximum absolute atomic E-state index is 12.7. The van der Waals surface area contributed by atoms with Gasteiger partial charge in [0, 0.05) is 14.1 Å². The SMILES string of the molecule is COc1ccc(-n2nnnc2SC(C(=O)N(C)C)c2ccccc2)cc1. The zero-order chi connectivity index (χ0) is 18.5. The van der Waals surface area contributed by atoms with E-state index in [2.05, 4.69) is 15.5 Å². The van der Waals surface area contributed by atoms with E-state index in [1.807, 2.05) is 54.6 Å². The fourth-order valence-corrected chi connectivity index (χ4v) is 3.51. The van der Waals surface area contributed by atoms with Gasteiger partial charge in [-0.3, -0.25) is 4.79 Å². The molecule has 7 nitrogen and oxygen atoms in total. The van der Waals surface area contributed by atoms with Crippen molar-refractivity contribution in [3.63, 3.8) is 0 Å². The number of likely N-dealkylation sites (N-methyl/N-ethyl adjacent to an activating group) is 1. The molecule has 0 aliphatic rings. The second-order valence-corrected chi connectivity index (χ2v) is 6.78. The number of hydrogen-bond acceptors (Lipinski definition) is 6. The van der Waals surface area contributed by atoms with E-state index in [1.54, 1.807) is 30.8 Å². The molecule has 0 saturated carbocycles. The van der Waals surface area contributed by atoms with Crippen LogP contribution in [0.1, 0.15) is 10.8 Å². The van der Waals surface area contributed by atoms with Gasteiger partial charge in [0.2, 0.25) is 11.1 Å². The highest BCUT2D eigenvalue weighted by molar-refractivity contribution is 8.00. The minimum absolute atomic E-state index is 0.0227.